The maximum Gasteiger partial charge on any atom is 0.331 e. The third-order valence-electron chi connectivity index (χ3n) is 5.73. The summed E-state index contributed by atoms with van der Waals surface area (Å²) in [6, 6.07) is 8.73. The molecule has 1 aromatic carbocycles. The molecule has 0 spiro atoms. The number of hydrogen-bond acceptors (Lipinski definition) is 5. The molecule has 31 heavy (non-hydrogen) atoms. The van der Waals surface area contributed by atoms with E-state index in [0.717, 1.165) is 28.8 Å². The Kier molecular flexibility index (Phi) is 6.74. The number of likely N-dealkylation sites (N-methyl/N-ethyl adjacent to an activating group) is 1. The summed E-state index contributed by atoms with van der Waals surface area (Å²) in [5.74, 6) is -0.449. The lowest BCUT2D eigenvalue weighted by atomic mass is 10.1. The summed E-state index contributed by atoms with van der Waals surface area (Å²) in [5, 5.41) is 0. The highest BCUT2D eigenvalue weighted by molar-refractivity contribution is 5.94. The lowest BCUT2D eigenvalue weighted by Gasteiger charge is -2.27. The van der Waals surface area contributed by atoms with Gasteiger partial charge in [-0.3, -0.25) is 23.5 Å². The number of rotatable bonds is 1. The molecule has 1 aliphatic heterocycles. The molecule has 0 aliphatic carbocycles. The van der Waals surface area contributed by atoms with Crippen LogP contribution in [0, 0.1) is 0 Å². The van der Waals surface area contributed by atoms with Crippen LogP contribution in [0.15, 0.2) is 39.9 Å². The van der Waals surface area contributed by atoms with Gasteiger partial charge < -0.3 is 14.7 Å². The number of carbonyl (C=O) groups is 2. The van der Waals surface area contributed by atoms with Gasteiger partial charge in [0.15, 0.2) is 0 Å². The molecule has 166 valence electrons. The minimum Gasteiger partial charge on any atom is -0.332 e. The SMILES string of the molecule is CC(=O)N1CCCN(C)CCN(C(=O)c2cc(=O)n(C)c(=O)n2C)Cc2ccccc21. The topological polar surface area (TPSA) is 87.9 Å². The summed E-state index contributed by atoms with van der Waals surface area (Å²) in [4.78, 5) is 55.8. The van der Waals surface area contributed by atoms with Crippen molar-refractivity contribution < 1.29 is 9.59 Å². The normalized spacial score (nSPS) is 15.9. The molecule has 0 saturated carbocycles. The Balaban J connectivity index is 2.06. The van der Waals surface area contributed by atoms with Gasteiger partial charge in [-0.1, -0.05) is 18.2 Å². The maximum atomic E-state index is 13.4. The second-order valence-corrected chi connectivity index (χ2v) is 7.95. The smallest absolute Gasteiger partial charge is 0.331 e. The van der Waals surface area contributed by atoms with Crippen LogP contribution in [0.2, 0.25) is 0 Å². The van der Waals surface area contributed by atoms with Crippen molar-refractivity contribution in [2.24, 2.45) is 14.1 Å². The van der Waals surface area contributed by atoms with Crippen LogP contribution in [-0.2, 0) is 25.4 Å². The largest absolute Gasteiger partial charge is 0.332 e. The van der Waals surface area contributed by atoms with E-state index in [1.165, 1.54) is 24.7 Å². The van der Waals surface area contributed by atoms with E-state index in [-0.39, 0.29) is 18.1 Å². The Hall–Kier alpha value is -3.20. The van der Waals surface area contributed by atoms with Crippen LogP contribution in [0.5, 0.6) is 0 Å². The molecule has 0 fully saturated rings. The number of anilines is 1. The molecule has 0 unspecified atom stereocenters. The minimum atomic E-state index is -0.547. The van der Waals surface area contributed by atoms with Gasteiger partial charge in [-0.2, -0.15) is 0 Å². The first-order valence-corrected chi connectivity index (χ1v) is 10.3. The Labute approximate surface area is 181 Å². The quantitative estimate of drug-likeness (QED) is 0.658. The molecule has 0 radical (unpaired) electrons. The van der Waals surface area contributed by atoms with Crippen LogP contribution < -0.4 is 16.1 Å². The Morgan fingerprint density at radius 2 is 1.61 bits per heavy atom. The first-order chi connectivity index (χ1) is 14.7. The van der Waals surface area contributed by atoms with E-state index in [4.69, 9.17) is 0 Å². The summed E-state index contributed by atoms with van der Waals surface area (Å²) >= 11 is 0. The van der Waals surface area contributed by atoms with E-state index in [1.54, 1.807) is 16.7 Å². The summed E-state index contributed by atoms with van der Waals surface area (Å²) < 4.78 is 2.17. The zero-order valence-electron chi connectivity index (χ0n) is 18.5. The van der Waals surface area contributed by atoms with Gasteiger partial charge in [0.25, 0.3) is 11.5 Å². The van der Waals surface area contributed by atoms with Crippen molar-refractivity contribution in [2.45, 2.75) is 19.9 Å². The standard InChI is InChI=1S/C22H29N5O4/c1-16(28)27-11-7-10-23(2)12-13-26(15-17-8-5-6-9-18(17)27)21(30)19-14-20(29)25(4)22(31)24(19)3/h5-6,8-9,14H,7,10-13,15H2,1-4H3. The van der Waals surface area contributed by atoms with Crippen LogP contribution in [0.25, 0.3) is 0 Å². The van der Waals surface area contributed by atoms with E-state index in [2.05, 4.69) is 4.90 Å². The van der Waals surface area contributed by atoms with Crippen molar-refractivity contribution in [2.75, 3.05) is 38.1 Å². The maximum absolute atomic E-state index is 13.4. The molecule has 9 heteroatoms. The highest BCUT2D eigenvalue weighted by Gasteiger charge is 2.24. The molecule has 0 bridgehead atoms. The second kappa shape index (κ2) is 9.30. The van der Waals surface area contributed by atoms with Gasteiger partial charge in [0.1, 0.15) is 5.69 Å². The van der Waals surface area contributed by atoms with Crippen LogP contribution >= 0.6 is 0 Å². The predicted molar refractivity (Wildman–Crippen MR) is 118 cm³/mol. The van der Waals surface area contributed by atoms with Gasteiger partial charge in [0.2, 0.25) is 5.91 Å². The van der Waals surface area contributed by atoms with Gasteiger partial charge in [0.05, 0.1) is 0 Å². The van der Waals surface area contributed by atoms with Gasteiger partial charge in [0, 0.05) is 59.0 Å². The molecule has 0 N–H and O–H groups in total. The van der Waals surface area contributed by atoms with Gasteiger partial charge in [-0.15, -0.1) is 0 Å². The fourth-order valence-corrected chi connectivity index (χ4v) is 3.82. The van der Waals surface area contributed by atoms with Crippen LogP contribution in [0.4, 0.5) is 5.69 Å². The third kappa shape index (κ3) is 4.77. The average Bonchev–Trinajstić information content (AvgIpc) is 2.77. The lowest BCUT2D eigenvalue weighted by molar-refractivity contribution is -0.116. The number of para-hydroxylation sites is 1. The van der Waals surface area contributed by atoms with Crippen LogP contribution in [0.3, 0.4) is 0 Å². The van der Waals surface area contributed by atoms with Crippen LogP contribution in [-0.4, -0.2) is 64.0 Å². The van der Waals surface area contributed by atoms with Crippen molar-refractivity contribution in [1.29, 1.82) is 0 Å². The number of amides is 2. The molecule has 9 nitrogen and oxygen atoms in total. The van der Waals surface area contributed by atoms with Crippen molar-refractivity contribution in [3.8, 4) is 0 Å². The highest BCUT2D eigenvalue weighted by atomic mass is 16.2. The Morgan fingerprint density at radius 1 is 0.903 bits per heavy atom. The molecule has 2 heterocycles. The van der Waals surface area contributed by atoms with E-state index < -0.39 is 17.2 Å². The fraction of sp³-hybridized carbons (Fsp3) is 0.455. The number of benzene rings is 1. The lowest BCUT2D eigenvalue weighted by Crippen LogP contribution is -2.43. The van der Waals surface area contributed by atoms with Gasteiger partial charge >= 0.3 is 5.69 Å². The van der Waals surface area contributed by atoms with Crippen molar-refractivity contribution >= 4 is 17.5 Å². The highest BCUT2D eigenvalue weighted by Crippen LogP contribution is 2.24. The molecular formula is C22H29N5O4. The number of nitrogens with zero attached hydrogens (tertiary/aromatic N) is 5. The summed E-state index contributed by atoms with van der Waals surface area (Å²) in [5.41, 5.74) is 0.588. The van der Waals surface area contributed by atoms with E-state index >= 15 is 0 Å². The molecule has 0 saturated heterocycles. The Morgan fingerprint density at radius 3 is 2.32 bits per heavy atom. The first-order valence-electron chi connectivity index (χ1n) is 10.3. The molecule has 2 amide bonds. The van der Waals surface area contributed by atoms with E-state index in [9.17, 15) is 19.2 Å². The van der Waals surface area contributed by atoms with Crippen LogP contribution in [0.1, 0.15) is 29.4 Å². The summed E-state index contributed by atoms with van der Waals surface area (Å²) in [6.45, 7) is 4.22. The van der Waals surface area contributed by atoms with E-state index in [0.29, 0.717) is 19.6 Å². The average molecular weight is 428 g/mol. The summed E-state index contributed by atoms with van der Waals surface area (Å²) in [7, 11) is 4.84. The Bertz CT molecular complexity index is 1100. The molecule has 2 aromatic rings. The number of fused-ring (bicyclic) bond motifs is 1. The monoisotopic (exact) mass is 427 g/mol. The van der Waals surface area contributed by atoms with E-state index in [1.807, 2.05) is 31.3 Å². The van der Waals surface area contributed by atoms with Gasteiger partial charge in [-0.25, -0.2) is 4.79 Å². The minimum absolute atomic E-state index is 0.0477. The van der Waals surface area contributed by atoms with Crippen molar-refractivity contribution in [3.05, 3.63) is 62.4 Å². The zero-order valence-corrected chi connectivity index (χ0v) is 18.5. The second-order valence-electron chi connectivity index (χ2n) is 7.95. The molecule has 3 rings (SSSR count). The number of carbonyl (C=O) groups excluding carboxylic acids is 2. The molecule has 1 aromatic heterocycles. The van der Waals surface area contributed by atoms with Crippen molar-refractivity contribution in [1.82, 2.24) is 18.9 Å². The molecular weight excluding hydrogens is 398 g/mol. The zero-order chi connectivity index (χ0) is 22.7. The van der Waals surface area contributed by atoms with Gasteiger partial charge in [-0.05, 0) is 31.6 Å². The molecule has 0 atom stereocenters. The first kappa shape index (κ1) is 22.5. The predicted octanol–water partition coefficient (Wildman–Crippen LogP) is 0.415. The summed E-state index contributed by atoms with van der Waals surface area (Å²) in [6.07, 6.45) is 0.807. The number of hydrogen-bond donors (Lipinski definition) is 0. The number of aromatic nitrogens is 2. The third-order valence-corrected chi connectivity index (χ3v) is 5.73. The molecule has 1 aliphatic rings. The fourth-order valence-electron chi connectivity index (χ4n) is 3.82. The van der Waals surface area contributed by atoms with Crippen molar-refractivity contribution in [3.63, 3.8) is 0 Å².